The third-order valence-electron chi connectivity index (χ3n) is 14.8. The van der Waals surface area contributed by atoms with Crippen molar-refractivity contribution in [3.05, 3.63) is 269 Å². The van der Waals surface area contributed by atoms with E-state index in [4.69, 9.17) is 9.47 Å². The van der Waals surface area contributed by atoms with Crippen LogP contribution >= 0.6 is 11.3 Å². The van der Waals surface area contributed by atoms with E-state index < -0.39 is 10.8 Å². The molecule has 0 bridgehead atoms. The average Bonchev–Trinajstić information content (AvgIpc) is 4.00. The van der Waals surface area contributed by atoms with Crippen LogP contribution in [-0.2, 0) is 10.8 Å². The summed E-state index contributed by atoms with van der Waals surface area (Å²) in [5.74, 6) is 3.54. The number of ether oxygens (including phenoxy) is 2. The molecule has 1 aromatic heterocycles. The Morgan fingerprint density at radius 2 is 0.712 bits per heavy atom. The Balaban J connectivity index is 1.07. The molecule has 0 saturated heterocycles. The molecule has 2 aliphatic carbocycles. The predicted molar refractivity (Wildman–Crippen MR) is 269 cm³/mol. The van der Waals surface area contributed by atoms with Crippen molar-refractivity contribution < 1.29 is 9.47 Å². The molecule has 15 rings (SSSR count). The van der Waals surface area contributed by atoms with Gasteiger partial charge in [0.2, 0.25) is 0 Å². The average molecular weight is 860 g/mol. The Bertz CT molecular complexity index is 3590. The number of nitrogens with zero attached hydrogens (tertiary/aromatic N) is 1. The lowest BCUT2D eigenvalue weighted by Gasteiger charge is -2.40. The first kappa shape index (κ1) is 36.2. The molecule has 0 N–H and O–H groups in total. The molecular formula is C62H37NO2S. The van der Waals surface area contributed by atoms with Crippen molar-refractivity contribution >= 4 is 48.6 Å². The standard InChI is InChI=1S/C62H37NO2S/c1-4-20-43-41(18-1)59-49(61(43)45-22-6-10-30-53(45)64-54-31-11-7-23-46(54)61)26-15-28-51(59)63(38-35-36-40-39-17-3-14-34-57(39)66-58(40)37-38)52-29-16-27-50-60(52)42-19-2-5-21-44(42)62(50)47-24-8-12-32-55(47)65-56-33-13-9-25-48(56)62/h1-37H. The van der Waals surface area contributed by atoms with Crippen LogP contribution in [0.3, 0.4) is 0 Å². The molecule has 66 heavy (non-hydrogen) atoms. The van der Waals surface area contributed by atoms with Crippen molar-refractivity contribution in [2.75, 3.05) is 4.90 Å². The molecule has 2 spiro atoms. The molecule has 0 saturated carbocycles. The van der Waals surface area contributed by atoms with Crippen molar-refractivity contribution in [3.8, 4) is 45.3 Å². The van der Waals surface area contributed by atoms with Gasteiger partial charge in [0, 0.05) is 59.2 Å². The van der Waals surface area contributed by atoms with Gasteiger partial charge in [-0.3, -0.25) is 0 Å². The van der Waals surface area contributed by atoms with Crippen LogP contribution in [0.15, 0.2) is 224 Å². The lowest BCUT2D eigenvalue weighted by molar-refractivity contribution is 0.436. The molecule has 11 aromatic rings. The topological polar surface area (TPSA) is 21.7 Å². The summed E-state index contributed by atoms with van der Waals surface area (Å²) >= 11 is 1.86. The van der Waals surface area contributed by atoms with Gasteiger partial charge in [0.1, 0.15) is 23.0 Å². The number of para-hydroxylation sites is 4. The Hall–Kier alpha value is -8.18. The molecule has 0 unspecified atom stereocenters. The highest BCUT2D eigenvalue weighted by molar-refractivity contribution is 7.25. The van der Waals surface area contributed by atoms with E-state index in [0.717, 1.165) is 62.3 Å². The second-order valence-electron chi connectivity index (χ2n) is 17.8. The first-order valence-corrected chi connectivity index (χ1v) is 23.5. The Kier molecular flexibility index (Phi) is 7.24. The van der Waals surface area contributed by atoms with Gasteiger partial charge in [-0.05, 0) is 88.0 Å². The van der Waals surface area contributed by atoms with E-state index in [2.05, 4.69) is 229 Å². The fraction of sp³-hybridized carbons (Fsp3) is 0.0323. The normalized spacial score (nSPS) is 14.5. The van der Waals surface area contributed by atoms with Crippen LogP contribution in [0.2, 0.25) is 0 Å². The quantitative estimate of drug-likeness (QED) is 0.177. The molecule has 2 aliphatic heterocycles. The fourth-order valence-electron chi connectivity index (χ4n) is 12.4. The first-order chi connectivity index (χ1) is 32.7. The van der Waals surface area contributed by atoms with E-state index in [-0.39, 0.29) is 0 Å². The Morgan fingerprint density at radius 3 is 1.21 bits per heavy atom. The zero-order chi connectivity index (χ0) is 43.1. The Morgan fingerprint density at radius 1 is 0.318 bits per heavy atom. The van der Waals surface area contributed by atoms with Crippen LogP contribution in [-0.4, -0.2) is 0 Å². The van der Waals surface area contributed by atoms with Gasteiger partial charge in [0.05, 0.1) is 22.2 Å². The molecule has 308 valence electrons. The summed E-state index contributed by atoms with van der Waals surface area (Å²) in [6.45, 7) is 0. The minimum Gasteiger partial charge on any atom is -0.457 e. The summed E-state index contributed by atoms with van der Waals surface area (Å²) < 4.78 is 16.0. The monoisotopic (exact) mass is 859 g/mol. The van der Waals surface area contributed by atoms with Crippen LogP contribution in [0.5, 0.6) is 23.0 Å². The molecule has 4 aliphatic rings. The molecule has 0 radical (unpaired) electrons. The molecule has 3 nitrogen and oxygen atoms in total. The zero-order valence-electron chi connectivity index (χ0n) is 35.5. The van der Waals surface area contributed by atoms with Gasteiger partial charge in [-0.25, -0.2) is 0 Å². The van der Waals surface area contributed by atoms with E-state index in [0.29, 0.717) is 0 Å². The number of rotatable bonds is 3. The molecule has 0 amide bonds. The third kappa shape index (κ3) is 4.47. The van der Waals surface area contributed by atoms with Gasteiger partial charge in [-0.15, -0.1) is 11.3 Å². The van der Waals surface area contributed by atoms with Crippen molar-refractivity contribution in [2.45, 2.75) is 10.8 Å². The summed E-state index contributed by atoms with van der Waals surface area (Å²) in [5, 5.41) is 2.56. The number of hydrogen-bond donors (Lipinski definition) is 0. The number of thiophene rings is 1. The summed E-state index contributed by atoms with van der Waals surface area (Å²) in [5.41, 5.74) is 16.6. The maximum absolute atomic E-state index is 6.75. The summed E-state index contributed by atoms with van der Waals surface area (Å²) in [6, 6.07) is 82.5. The molecule has 0 atom stereocenters. The molecular weight excluding hydrogens is 823 g/mol. The lowest BCUT2D eigenvalue weighted by Crippen LogP contribution is -2.32. The smallest absolute Gasteiger partial charge is 0.132 e. The van der Waals surface area contributed by atoms with E-state index in [1.807, 2.05) is 11.3 Å². The van der Waals surface area contributed by atoms with Gasteiger partial charge >= 0.3 is 0 Å². The maximum atomic E-state index is 6.75. The fourth-order valence-corrected chi connectivity index (χ4v) is 13.5. The van der Waals surface area contributed by atoms with Crippen LogP contribution < -0.4 is 14.4 Å². The third-order valence-corrected chi connectivity index (χ3v) is 15.9. The minimum atomic E-state index is -0.612. The number of fused-ring (bicyclic) bond motifs is 21. The minimum absolute atomic E-state index is 0.612. The summed E-state index contributed by atoms with van der Waals surface area (Å²) in [7, 11) is 0. The second-order valence-corrected chi connectivity index (χ2v) is 18.9. The highest BCUT2D eigenvalue weighted by Crippen LogP contribution is 2.67. The van der Waals surface area contributed by atoms with Gasteiger partial charge in [0.15, 0.2) is 0 Å². The van der Waals surface area contributed by atoms with Crippen LogP contribution in [0, 0.1) is 0 Å². The van der Waals surface area contributed by atoms with Crippen molar-refractivity contribution in [1.29, 1.82) is 0 Å². The largest absolute Gasteiger partial charge is 0.457 e. The highest BCUT2D eigenvalue weighted by Gasteiger charge is 2.54. The highest BCUT2D eigenvalue weighted by atomic mass is 32.1. The summed E-state index contributed by atoms with van der Waals surface area (Å²) in [6.07, 6.45) is 0. The molecule has 4 heteroatoms. The Labute approximate surface area is 386 Å². The number of anilines is 3. The second kappa shape index (κ2) is 13.2. The van der Waals surface area contributed by atoms with Crippen molar-refractivity contribution in [2.24, 2.45) is 0 Å². The van der Waals surface area contributed by atoms with Gasteiger partial charge < -0.3 is 14.4 Å². The van der Waals surface area contributed by atoms with E-state index in [1.165, 1.54) is 64.7 Å². The molecule has 3 heterocycles. The lowest BCUT2D eigenvalue weighted by atomic mass is 9.66. The van der Waals surface area contributed by atoms with Gasteiger partial charge in [-0.1, -0.05) is 170 Å². The SMILES string of the molecule is c1ccc2c(c1)Oc1ccccc1C21c2ccccc2-c2c(N(c3ccc4c(c3)sc3ccccc34)c3cccc4c3-c3ccccc3C43c4ccccc4Oc4ccccc43)cccc21. The van der Waals surface area contributed by atoms with E-state index >= 15 is 0 Å². The molecule has 10 aromatic carbocycles. The van der Waals surface area contributed by atoms with Crippen molar-refractivity contribution in [1.82, 2.24) is 0 Å². The van der Waals surface area contributed by atoms with E-state index in [9.17, 15) is 0 Å². The zero-order valence-corrected chi connectivity index (χ0v) is 36.4. The van der Waals surface area contributed by atoms with Crippen LogP contribution in [0.1, 0.15) is 44.5 Å². The first-order valence-electron chi connectivity index (χ1n) is 22.7. The van der Waals surface area contributed by atoms with Crippen LogP contribution in [0.4, 0.5) is 17.1 Å². The summed E-state index contributed by atoms with van der Waals surface area (Å²) in [4.78, 5) is 2.57. The maximum Gasteiger partial charge on any atom is 0.132 e. The van der Waals surface area contributed by atoms with Crippen molar-refractivity contribution in [3.63, 3.8) is 0 Å². The van der Waals surface area contributed by atoms with Gasteiger partial charge in [-0.2, -0.15) is 0 Å². The number of benzene rings is 10. The van der Waals surface area contributed by atoms with Gasteiger partial charge in [0.25, 0.3) is 0 Å². The predicted octanol–water partition coefficient (Wildman–Crippen LogP) is 16.5. The van der Waals surface area contributed by atoms with E-state index in [1.54, 1.807) is 0 Å². The molecule has 0 fully saturated rings. The van der Waals surface area contributed by atoms with Crippen LogP contribution in [0.25, 0.3) is 42.4 Å². The number of hydrogen-bond acceptors (Lipinski definition) is 4.